The molecular formula is C14H21N3OS. The second-order valence-corrected chi connectivity index (χ2v) is 5.36. The van der Waals surface area contributed by atoms with E-state index in [4.69, 9.17) is 17.0 Å². The Hall–Kier alpha value is -1.33. The largest absolute Gasteiger partial charge is 0.497 e. The van der Waals surface area contributed by atoms with Crippen LogP contribution in [-0.4, -0.2) is 42.2 Å². The van der Waals surface area contributed by atoms with Gasteiger partial charge in [0.1, 0.15) is 5.75 Å². The third kappa shape index (κ3) is 3.36. The molecule has 0 saturated heterocycles. The first-order chi connectivity index (χ1) is 9.11. The van der Waals surface area contributed by atoms with E-state index < -0.39 is 0 Å². The Labute approximate surface area is 119 Å². The Morgan fingerprint density at radius 1 is 1.32 bits per heavy atom. The normalized spacial score (nSPS) is 11.4. The molecule has 2 aromatic rings. The van der Waals surface area contributed by atoms with E-state index in [-0.39, 0.29) is 0 Å². The van der Waals surface area contributed by atoms with Gasteiger partial charge < -0.3 is 19.2 Å². The fourth-order valence-electron chi connectivity index (χ4n) is 2.19. The number of aromatic nitrogens is 2. The number of hydrogen-bond donors (Lipinski definition) is 1. The molecule has 1 N–H and O–H groups in total. The van der Waals surface area contributed by atoms with Gasteiger partial charge in [0.05, 0.1) is 18.1 Å². The molecule has 2 rings (SSSR count). The van der Waals surface area contributed by atoms with E-state index in [1.807, 2.05) is 12.1 Å². The lowest BCUT2D eigenvalue weighted by atomic mass is 10.2. The number of hydrogen-bond acceptors (Lipinski definition) is 3. The minimum Gasteiger partial charge on any atom is -0.497 e. The van der Waals surface area contributed by atoms with Crippen molar-refractivity contribution in [3.63, 3.8) is 0 Å². The van der Waals surface area contributed by atoms with Crippen LogP contribution < -0.4 is 4.74 Å². The molecule has 0 fully saturated rings. The van der Waals surface area contributed by atoms with Gasteiger partial charge in [-0.2, -0.15) is 0 Å². The standard InChI is InChI=1S/C14H21N3OS/c1-16(2)8-4-5-9-17-13-7-6-11(18-3)10-12(13)15-14(17)19/h6-7,10H,4-5,8-9H2,1-3H3,(H,15,19). The average Bonchev–Trinajstić information content (AvgIpc) is 2.69. The number of aromatic amines is 1. The number of unbranched alkanes of at least 4 members (excludes halogenated alkanes) is 1. The highest BCUT2D eigenvalue weighted by Gasteiger charge is 2.05. The van der Waals surface area contributed by atoms with Crippen LogP contribution in [0.5, 0.6) is 5.75 Å². The predicted molar refractivity (Wildman–Crippen MR) is 81.5 cm³/mol. The SMILES string of the molecule is COc1ccc2c(c1)[nH]c(=S)n2CCCCN(C)C. The third-order valence-electron chi connectivity index (χ3n) is 3.22. The molecule has 0 atom stereocenters. The molecular weight excluding hydrogens is 258 g/mol. The molecule has 0 amide bonds. The molecule has 104 valence electrons. The quantitative estimate of drug-likeness (QED) is 0.652. The van der Waals surface area contributed by atoms with Gasteiger partial charge in [0.2, 0.25) is 0 Å². The lowest BCUT2D eigenvalue weighted by molar-refractivity contribution is 0.388. The van der Waals surface area contributed by atoms with Gasteiger partial charge in [0.15, 0.2) is 4.77 Å². The summed E-state index contributed by atoms with van der Waals surface area (Å²) in [7, 11) is 5.88. The summed E-state index contributed by atoms with van der Waals surface area (Å²) in [5.41, 5.74) is 2.19. The van der Waals surface area contributed by atoms with E-state index in [2.05, 4.69) is 34.6 Å². The van der Waals surface area contributed by atoms with Crippen LogP contribution in [0, 0.1) is 4.77 Å². The van der Waals surface area contributed by atoms with E-state index >= 15 is 0 Å². The van der Waals surface area contributed by atoms with Crippen LogP contribution in [0.2, 0.25) is 0 Å². The second kappa shape index (κ2) is 6.21. The van der Waals surface area contributed by atoms with Crippen molar-refractivity contribution in [2.45, 2.75) is 19.4 Å². The maximum atomic E-state index is 5.39. The zero-order valence-electron chi connectivity index (χ0n) is 11.8. The summed E-state index contributed by atoms with van der Waals surface area (Å²) in [4.78, 5) is 5.45. The van der Waals surface area contributed by atoms with E-state index in [1.54, 1.807) is 7.11 Å². The van der Waals surface area contributed by atoms with Crippen LogP contribution >= 0.6 is 12.2 Å². The van der Waals surface area contributed by atoms with Crippen molar-refractivity contribution < 1.29 is 4.74 Å². The summed E-state index contributed by atoms with van der Waals surface area (Å²) < 4.78 is 8.18. The van der Waals surface area contributed by atoms with E-state index in [0.717, 1.165) is 41.1 Å². The van der Waals surface area contributed by atoms with E-state index in [1.165, 1.54) is 6.42 Å². The Kier molecular flexibility index (Phi) is 4.61. The number of rotatable bonds is 6. The molecule has 1 aromatic heterocycles. The Morgan fingerprint density at radius 2 is 2.11 bits per heavy atom. The van der Waals surface area contributed by atoms with Crippen molar-refractivity contribution >= 4 is 23.3 Å². The predicted octanol–water partition coefficient (Wildman–Crippen LogP) is 3.05. The monoisotopic (exact) mass is 279 g/mol. The molecule has 0 unspecified atom stereocenters. The molecule has 0 aliphatic carbocycles. The highest BCUT2D eigenvalue weighted by molar-refractivity contribution is 7.71. The van der Waals surface area contributed by atoms with Gasteiger partial charge in [-0.05, 0) is 57.8 Å². The molecule has 19 heavy (non-hydrogen) atoms. The zero-order valence-corrected chi connectivity index (χ0v) is 12.6. The van der Waals surface area contributed by atoms with Crippen molar-refractivity contribution in [2.24, 2.45) is 0 Å². The molecule has 1 aromatic carbocycles. The number of fused-ring (bicyclic) bond motifs is 1. The van der Waals surface area contributed by atoms with Crippen LogP contribution in [0.4, 0.5) is 0 Å². The lowest BCUT2D eigenvalue weighted by Gasteiger charge is -2.09. The smallest absolute Gasteiger partial charge is 0.178 e. The fourth-order valence-corrected chi connectivity index (χ4v) is 2.49. The van der Waals surface area contributed by atoms with E-state index in [9.17, 15) is 0 Å². The first kappa shape index (κ1) is 14.1. The Balaban J connectivity index is 2.14. The highest BCUT2D eigenvalue weighted by Crippen LogP contribution is 2.20. The fraction of sp³-hybridized carbons (Fsp3) is 0.500. The van der Waals surface area contributed by atoms with Crippen molar-refractivity contribution in [3.05, 3.63) is 23.0 Å². The second-order valence-electron chi connectivity index (χ2n) is 4.98. The topological polar surface area (TPSA) is 33.2 Å². The molecule has 0 aliphatic rings. The van der Waals surface area contributed by atoms with Gasteiger partial charge in [-0.25, -0.2) is 0 Å². The Morgan fingerprint density at radius 3 is 2.79 bits per heavy atom. The summed E-state index contributed by atoms with van der Waals surface area (Å²) in [6.07, 6.45) is 2.31. The molecule has 0 bridgehead atoms. The highest BCUT2D eigenvalue weighted by atomic mass is 32.1. The molecule has 5 heteroatoms. The third-order valence-corrected chi connectivity index (χ3v) is 3.54. The van der Waals surface area contributed by atoms with Crippen molar-refractivity contribution in [3.8, 4) is 5.75 Å². The maximum absolute atomic E-state index is 5.39. The number of nitrogens with one attached hydrogen (secondary N) is 1. The van der Waals surface area contributed by atoms with Crippen LogP contribution in [0.3, 0.4) is 0 Å². The number of methoxy groups -OCH3 is 1. The molecule has 0 saturated carbocycles. The van der Waals surface area contributed by atoms with Gasteiger partial charge in [-0.1, -0.05) is 0 Å². The molecule has 0 spiro atoms. The molecule has 1 heterocycles. The number of aryl methyl sites for hydroxylation is 1. The average molecular weight is 279 g/mol. The van der Waals surface area contributed by atoms with Gasteiger partial charge in [0, 0.05) is 12.6 Å². The van der Waals surface area contributed by atoms with E-state index in [0.29, 0.717) is 0 Å². The number of nitrogens with zero attached hydrogens (tertiary/aromatic N) is 2. The van der Waals surface area contributed by atoms with Crippen LogP contribution in [-0.2, 0) is 6.54 Å². The minimum atomic E-state index is 0.785. The van der Waals surface area contributed by atoms with Crippen molar-refractivity contribution in [1.82, 2.24) is 14.5 Å². The number of benzene rings is 1. The van der Waals surface area contributed by atoms with Crippen molar-refractivity contribution in [1.29, 1.82) is 0 Å². The summed E-state index contributed by atoms with van der Waals surface area (Å²) in [6, 6.07) is 6.02. The van der Waals surface area contributed by atoms with Gasteiger partial charge in [-0.15, -0.1) is 0 Å². The first-order valence-electron chi connectivity index (χ1n) is 6.53. The summed E-state index contributed by atoms with van der Waals surface area (Å²) in [5, 5.41) is 0. The molecule has 4 nitrogen and oxygen atoms in total. The minimum absolute atomic E-state index is 0.785. The maximum Gasteiger partial charge on any atom is 0.178 e. The van der Waals surface area contributed by atoms with Crippen LogP contribution in [0.25, 0.3) is 11.0 Å². The molecule has 0 radical (unpaired) electrons. The summed E-state index contributed by atoms with van der Waals surface area (Å²) in [6.45, 7) is 2.07. The van der Waals surface area contributed by atoms with Gasteiger partial charge in [0.25, 0.3) is 0 Å². The Bertz CT molecular complexity index is 600. The number of ether oxygens (including phenoxy) is 1. The lowest BCUT2D eigenvalue weighted by Crippen LogP contribution is -2.13. The van der Waals surface area contributed by atoms with Crippen molar-refractivity contribution in [2.75, 3.05) is 27.7 Å². The summed E-state index contributed by atoms with van der Waals surface area (Å²) >= 11 is 5.39. The molecule has 0 aliphatic heterocycles. The summed E-state index contributed by atoms with van der Waals surface area (Å²) in [5.74, 6) is 0.850. The number of H-pyrrole nitrogens is 1. The zero-order chi connectivity index (χ0) is 13.8. The first-order valence-corrected chi connectivity index (χ1v) is 6.94. The van der Waals surface area contributed by atoms with Gasteiger partial charge in [-0.3, -0.25) is 0 Å². The van der Waals surface area contributed by atoms with Gasteiger partial charge >= 0.3 is 0 Å². The van der Waals surface area contributed by atoms with Crippen LogP contribution in [0.15, 0.2) is 18.2 Å². The number of imidazole rings is 1. The van der Waals surface area contributed by atoms with Crippen LogP contribution in [0.1, 0.15) is 12.8 Å².